The lowest BCUT2D eigenvalue weighted by atomic mass is 10.1. The monoisotopic (exact) mass is 251 g/mol. The van der Waals surface area contributed by atoms with Gasteiger partial charge in [0.2, 0.25) is 0 Å². The van der Waals surface area contributed by atoms with Gasteiger partial charge in [0.25, 0.3) is 5.91 Å². The molecular weight excluding hydrogens is 234 g/mol. The second-order valence-electron chi connectivity index (χ2n) is 4.27. The number of nitrogen functional groups attached to an aromatic ring is 1. The Hall–Kier alpha value is -1.36. The van der Waals surface area contributed by atoms with Crippen LogP contribution in [-0.2, 0) is 0 Å². The van der Waals surface area contributed by atoms with Crippen molar-refractivity contribution in [2.75, 3.05) is 29.2 Å². The van der Waals surface area contributed by atoms with Crippen LogP contribution in [0.1, 0.15) is 16.8 Å². The van der Waals surface area contributed by atoms with E-state index >= 15 is 0 Å². The lowest BCUT2D eigenvalue weighted by Crippen LogP contribution is -2.33. The summed E-state index contributed by atoms with van der Waals surface area (Å²) in [4.78, 5) is 13.6. The fourth-order valence-corrected chi connectivity index (χ4v) is 3.35. The zero-order valence-corrected chi connectivity index (χ0v) is 10.7. The van der Waals surface area contributed by atoms with E-state index in [1.54, 1.807) is 12.1 Å². The molecule has 1 aromatic rings. The molecule has 0 bridgehead atoms. The van der Waals surface area contributed by atoms with Gasteiger partial charge in [-0.15, -0.1) is 0 Å². The highest BCUT2D eigenvalue weighted by atomic mass is 32.2. The Labute approximate surface area is 105 Å². The van der Waals surface area contributed by atoms with E-state index in [2.05, 4.69) is 4.90 Å². The number of amides is 1. The van der Waals surface area contributed by atoms with Crippen LogP contribution >= 0.6 is 11.8 Å². The number of hydrogen-bond donors (Lipinski definition) is 2. The molecule has 0 saturated carbocycles. The Morgan fingerprint density at radius 3 is 2.88 bits per heavy atom. The third kappa shape index (κ3) is 2.49. The van der Waals surface area contributed by atoms with Crippen molar-refractivity contribution in [2.45, 2.75) is 12.5 Å². The maximum Gasteiger partial charge on any atom is 0.250 e. The largest absolute Gasteiger partial charge is 0.399 e. The van der Waals surface area contributed by atoms with Crippen molar-refractivity contribution in [3.63, 3.8) is 0 Å². The van der Waals surface area contributed by atoms with Crippen molar-refractivity contribution in [1.29, 1.82) is 0 Å². The number of hydrogen-bond acceptors (Lipinski definition) is 4. The van der Waals surface area contributed by atoms with E-state index in [9.17, 15) is 4.79 Å². The van der Waals surface area contributed by atoms with Crippen molar-refractivity contribution in [3.8, 4) is 0 Å². The zero-order valence-electron chi connectivity index (χ0n) is 9.85. The maximum atomic E-state index is 11.4. The van der Waals surface area contributed by atoms with Gasteiger partial charge in [0.15, 0.2) is 0 Å². The number of carbonyl (C=O) groups is 1. The third-order valence-electron chi connectivity index (χ3n) is 3.12. The number of carbonyl (C=O) groups excluding carboxylic acids is 1. The van der Waals surface area contributed by atoms with Crippen molar-refractivity contribution in [1.82, 2.24) is 0 Å². The molecule has 0 aromatic heterocycles. The van der Waals surface area contributed by atoms with Crippen LogP contribution in [-0.4, -0.2) is 30.5 Å². The van der Waals surface area contributed by atoms with Crippen molar-refractivity contribution >= 4 is 29.0 Å². The molecule has 17 heavy (non-hydrogen) atoms. The average Bonchev–Trinajstić information content (AvgIpc) is 2.81. The summed E-state index contributed by atoms with van der Waals surface area (Å²) in [6.07, 6.45) is 1.14. The minimum Gasteiger partial charge on any atom is -0.399 e. The molecule has 1 saturated heterocycles. The summed E-state index contributed by atoms with van der Waals surface area (Å²) in [5.41, 5.74) is 13.0. The lowest BCUT2D eigenvalue weighted by molar-refractivity contribution is 0.100. The summed E-state index contributed by atoms with van der Waals surface area (Å²) in [6, 6.07) is 5.80. The van der Waals surface area contributed by atoms with Crippen LogP contribution in [0.4, 0.5) is 11.4 Å². The SMILES string of the molecule is CN(c1ccc(N)cc1C(N)=O)C1CCSC1. The molecule has 1 heterocycles. The van der Waals surface area contributed by atoms with Crippen LogP contribution in [0.2, 0.25) is 0 Å². The van der Waals surface area contributed by atoms with Gasteiger partial charge in [0.05, 0.1) is 5.56 Å². The minimum atomic E-state index is -0.426. The van der Waals surface area contributed by atoms with Gasteiger partial charge < -0.3 is 16.4 Å². The van der Waals surface area contributed by atoms with E-state index in [0.717, 1.165) is 17.9 Å². The second-order valence-corrected chi connectivity index (χ2v) is 5.42. The highest BCUT2D eigenvalue weighted by Crippen LogP contribution is 2.29. The normalized spacial score (nSPS) is 19.2. The first-order chi connectivity index (χ1) is 8.09. The van der Waals surface area contributed by atoms with Crippen LogP contribution in [0.5, 0.6) is 0 Å². The first-order valence-electron chi connectivity index (χ1n) is 5.59. The quantitative estimate of drug-likeness (QED) is 0.794. The molecule has 2 rings (SSSR count). The maximum absolute atomic E-state index is 11.4. The van der Waals surface area contributed by atoms with Crippen LogP contribution in [0, 0.1) is 0 Å². The predicted octanol–water partition coefficient (Wildman–Crippen LogP) is 1.31. The molecule has 1 atom stereocenters. The predicted molar refractivity (Wildman–Crippen MR) is 73.5 cm³/mol. The van der Waals surface area contributed by atoms with Crippen LogP contribution < -0.4 is 16.4 Å². The molecule has 1 unspecified atom stereocenters. The minimum absolute atomic E-state index is 0.426. The van der Waals surface area contributed by atoms with Gasteiger partial charge in [0.1, 0.15) is 0 Å². The fraction of sp³-hybridized carbons (Fsp3) is 0.417. The summed E-state index contributed by atoms with van der Waals surface area (Å²) < 4.78 is 0. The lowest BCUT2D eigenvalue weighted by Gasteiger charge is -2.27. The Morgan fingerprint density at radius 1 is 1.53 bits per heavy atom. The van der Waals surface area contributed by atoms with E-state index in [4.69, 9.17) is 11.5 Å². The number of anilines is 2. The molecule has 4 nitrogen and oxygen atoms in total. The summed E-state index contributed by atoms with van der Waals surface area (Å²) in [6.45, 7) is 0. The summed E-state index contributed by atoms with van der Waals surface area (Å²) in [7, 11) is 2.01. The number of primary amides is 1. The van der Waals surface area contributed by atoms with E-state index in [1.807, 2.05) is 24.9 Å². The van der Waals surface area contributed by atoms with Gasteiger partial charge in [-0.1, -0.05) is 0 Å². The van der Waals surface area contributed by atoms with Gasteiger partial charge in [0, 0.05) is 30.2 Å². The van der Waals surface area contributed by atoms with Gasteiger partial charge >= 0.3 is 0 Å². The van der Waals surface area contributed by atoms with E-state index in [1.165, 1.54) is 5.75 Å². The van der Waals surface area contributed by atoms with E-state index in [0.29, 0.717) is 17.3 Å². The van der Waals surface area contributed by atoms with Crippen molar-refractivity contribution in [3.05, 3.63) is 23.8 Å². The standard InChI is InChI=1S/C12H17N3OS/c1-15(9-4-5-17-7-9)11-3-2-8(13)6-10(11)12(14)16/h2-3,6,9H,4-5,7,13H2,1H3,(H2,14,16). The highest BCUT2D eigenvalue weighted by Gasteiger charge is 2.23. The van der Waals surface area contributed by atoms with Crippen LogP contribution in [0.15, 0.2) is 18.2 Å². The van der Waals surface area contributed by atoms with Gasteiger partial charge in [-0.3, -0.25) is 4.79 Å². The number of benzene rings is 1. The topological polar surface area (TPSA) is 72.3 Å². The molecular formula is C12H17N3OS. The molecule has 1 aliphatic rings. The smallest absolute Gasteiger partial charge is 0.250 e. The van der Waals surface area contributed by atoms with Crippen LogP contribution in [0.25, 0.3) is 0 Å². The molecule has 0 aliphatic carbocycles. The molecule has 1 aromatic carbocycles. The summed E-state index contributed by atoms with van der Waals surface area (Å²) in [5, 5.41) is 0. The number of nitrogens with two attached hydrogens (primary N) is 2. The molecule has 1 aliphatic heterocycles. The Morgan fingerprint density at radius 2 is 2.29 bits per heavy atom. The molecule has 5 heteroatoms. The molecule has 1 amide bonds. The van der Waals surface area contributed by atoms with Gasteiger partial charge in [-0.2, -0.15) is 11.8 Å². The molecule has 0 radical (unpaired) electrons. The third-order valence-corrected chi connectivity index (χ3v) is 4.26. The number of nitrogens with zero attached hydrogens (tertiary/aromatic N) is 1. The van der Waals surface area contributed by atoms with Crippen molar-refractivity contribution < 1.29 is 4.79 Å². The molecule has 1 fully saturated rings. The van der Waals surface area contributed by atoms with Gasteiger partial charge in [-0.25, -0.2) is 0 Å². The fourth-order valence-electron chi connectivity index (χ4n) is 2.08. The first kappa shape index (κ1) is 12.1. The molecule has 92 valence electrons. The Bertz CT molecular complexity index is 430. The molecule has 0 spiro atoms. The summed E-state index contributed by atoms with van der Waals surface area (Å²) in [5.74, 6) is 1.85. The van der Waals surface area contributed by atoms with Crippen LogP contribution in [0.3, 0.4) is 0 Å². The van der Waals surface area contributed by atoms with E-state index in [-0.39, 0.29) is 0 Å². The Kier molecular flexibility index (Phi) is 3.47. The van der Waals surface area contributed by atoms with Gasteiger partial charge in [-0.05, 0) is 30.4 Å². The number of rotatable bonds is 3. The average molecular weight is 251 g/mol. The first-order valence-corrected chi connectivity index (χ1v) is 6.75. The summed E-state index contributed by atoms with van der Waals surface area (Å²) >= 11 is 1.94. The highest BCUT2D eigenvalue weighted by molar-refractivity contribution is 7.99. The second kappa shape index (κ2) is 4.87. The number of thioether (sulfide) groups is 1. The Balaban J connectivity index is 2.33. The van der Waals surface area contributed by atoms with E-state index < -0.39 is 5.91 Å². The van der Waals surface area contributed by atoms with Crippen molar-refractivity contribution in [2.24, 2.45) is 5.73 Å². The zero-order chi connectivity index (χ0) is 12.4. The molecule has 4 N–H and O–H groups in total.